The molecule has 0 radical (unpaired) electrons. The van der Waals surface area contributed by atoms with E-state index in [1.807, 2.05) is 0 Å². The van der Waals surface area contributed by atoms with Gasteiger partial charge in [0.2, 0.25) is 0 Å². The third-order valence-electron chi connectivity index (χ3n) is 2.49. The summed E-state index contributed by atoms with van der Waals surface area (Å²) in [5.74, 6) is 1.24. The molecule has 1 aromatic heterocycles. The van der Waals surface area contributed by atoms with Gasteiger partial charge in [-0.1, -0.05) is 25.4 Å². The van der Waals surface area contributed by atoms with E-state index in [9.17, 15) is 5.11 Å². The lowest BCUT2D eigenvalue weighted by Gasteiger charge is -2.31. The number of aliphatic hydroxyl groups is 1. The van der Waals surface area contributed by atoms with Crippen molar-refractivity contribution in [3.05, 3.63) is 17.0 Å². The Balaban J connectivity index is 3.13. The van der Waals surface area contributed by atoms with Crippen LogP contribution in [0, 0.1) is 5.92 Å². The number of hydrogen-bond acceptors (Lipinski definition) is 4. The average Bonchev–Trinajstić information content (AvgIpc) is 2.25. The Bertz CT molecular complexity index is 369. The van der Waals surface area contributed by atoms with Crippen LogP contribution in [0.3, 0.4) is 0 Å². The molecule has 0 fully saturated rings. The van der Waals surface area contributed by atoms with Crippen molar-refractivity contribution >= 4 is 17.4 Å². The van der Waals surface area contributed by atoms with E-state index in [0.717, 1.165) is 12.4 Å². The molecule has 0 aliphatic rings. The zero-order valence-corrected chi connectivity index (χ0v) is 11.6. The molecular weight excluding hydrogens is 238 g/mol. The number of rotatable bonds is 5. The largest absolute Gasteiger partial charge is 0.391 e. The molecule has 1 N–H and O–H groups in total. The fourth-order valence-electron chi connectivity index (χ4n) is 1.70. The lowest BCUT2D eigenvalue weighted by molar-refractivity contribution is 0.281. The smallest absolute Gasteiger partial charge is 0.140 e. The molecule has 0 unspecified atom stereocenters. The van der Waals surface area contributed by atoms with Gasteiger partial charge in [-0.25, -0.2) is 9.97 Å². The van der Waals surface area contributed by atoms with Gasteiger partial charge in [-0.2, -0.15) is 0 Å². The zero-order valence-electron chi connectivity index (χ0n) is 10.8. The number of aromatic nitrogens is 2. The summed E-state index contributed by atoms with van der Waals surface area (Å²) in [4.78, 5) is 10.3. The van der Waals surface area contributed by atoms with Crippen LogP contribution < -0.4 is 4.90 Å². The van der Waals surface area contributed by atoms with Crippen molar-refractivity contribution in [2.45, 2.75) is 40.3 Å². The Labute approximate surface area is 108 Å². The Hall–Kier alpha value is -0.870. The van der Waals surface area contributed by atoms with Gasteiger partial charge in [0.15, 0.2) is 0 Å². The second-order valence-corrected chi connectivity index (χ2v) is 5.12. The molecular formula is C12H20ClN3O. The molecule has 0 saturated carbocycles. The quantitative estimate of drug-likeness (QED) is 0.824. The molecule has 0 aromatic carbocycles. The summed E-state index contributed by atoms with van der Waals surface area (Å²) in [6, 6.07) is 0.300. The van der Waals surface area contributed by atoms with Crippen molar-refractivity contribution in [3.8, 4) is 0 Å². The maximum Gasteiger partial charge on any atom is 0.140 e. The first-order chi connectivity index (χ1) is 7.97. The molecule has 0 bridgehead atoms. The van der Waals surface area contributed by atoms with Crippen LogP contribution in [0.15, 0.2) is 6.33 Å². The molecule has 0 saturated heterocycles. The number of hydrogen-bond donors (Lipinski definition) is 1. The summed E-state index contributed by atoms with van der Waals surface area (Å²) < 4.78 is 0. The highest BCUT2D eigenvalue weighted by Gasteiger charge is 2.19. The molecule has 1 rings (SSSR count). The van der Waals surface area contributed by atoms with Gasteiger partial charge in [-0.05, 0) is 19.8 Å². The lowest BCUT2D eigenvalue weighted by Crippen LogP contribution is -2.35. The van der Waals surface area contributed by atoms with E-state index >= 15 is 0 Å². The lowest BCUT2D eigenvalue weighted by atomic mass is 10.1. The molecule has 17 heavy (non-hydrogen) atoms. The predicted octanol–water partition coefficient (Wildman–Crippen LogP) is 2.49. The molecule has 0 spiro atoms. The summed E-state index contributed by atoms with van der Waals surface area (Å²) in [5, 5.41) is 9.70. The van der Waals surface area contributed by atoms with Gasteiger partial charge >= 0.3 is 0 Å². The minimum Gasteiger partial charge on any atom is -0.391 e. The molecule has 4 nitrogen and oxygen atoms in total. The van der Waals surface area contributed by atoms with Crippen LogP contribution in [-0.2, 0) is 6.61 Å². The molecule has 0 aliphatic heterocycles. The van der Waals surface area contributed by atoms with Crippen molar-refractivity contribution in [1.82, 2.24) is 9.97 Å². The molecule has 1 aromatic rings. The van der Waals surface area contributed by atoms with Gasteiger partial charge in [-0.15, -0.1) is 0 Å². The van der Waals surface area contributed by atoms with E-state index in [2.05, 4.69) is 42.6 Å². The van der Waals surface area contributed by atoms with Crippen molar-refractivity contribution in [2.24, 2.45) is 5.92 Å². The monoisotopic (exact) mass is 257 g/mol. The first-order valence-electron chi connectivity index (χ1n) is 5.84. The van der Waals surface area contributed by atoms with Crippen LogP contribution in [0.2, 0.25) is 5.15 Å². The highest BCUT2D eigenvalue weighted by atomic mass is 35.5. The normalized spacial score (nSPS) is 11.3. The Morgan fingerprint density at radius 3 is 2.41 bits per heavy atom. The highest BCUT2D eigenvalue weighted by molar-refractivity contribution is 6.30. The molecule has 0 aliphatic carbocycles. The van der Waals surface area contributed by atoms with Crippen LogP contribution >= 0.6 is 11.6 Å². The van der Waals surface area contributed by atoms with Crippen LogP contribution in [0.1, 0.15) is 33.3 Å². The van der Waals surface area contributed by atoms with E-state index in [-0.39, 0.29) is 6.61 Å². The topological polar surface area (TPSA) is 49.2 Å². The standard InChI is InChI=1S/C12H20ClN3O/c1-8(2)5-16(9(3)4)12-10(6-17)11(13)14-7-15-12/h7-9,17H,5-6H2,1-4H3. The van der Waals surface area contributed by atoms with Crippen LogP contribution in [-0.4, -0.2) is 27.7 Å². The molecule has 0 atom stereocenters. The van der Waals surface area contributed by atoms with Crippen molar-refractivity contribution in [3.63, 3.8) is 0 Å². The van der Waals surface area contributed by atoms with Gasteiger partial charge < -0.3 is 10.0 Å². The van der Waals surface area contributed by atoms with Crippen LogP contribution in [0.5, 0.6) is 0 Å². The van der Waals surface area contributed by atoms with Gasteiger partial charge in [0.1, 0.15) is 17.3 Å². The maximum atomic E-state index is 9.37. The molecule has 0 amide bonds. The predicted molar refractivity (Wildman–Crippen MR) is 70.3 cm³/mol. The Morgan fingerprint density at radius 1 is 1.29 bits per heavy atom. The number of aliphatic hydroxyl groups excluding tert-OH is 1. The Kier molecular flexibility index (Phi) is 5.15. The van der Waals surface area contributed by atoms with Gasteiger partial charge in [-0.3, -0.25) is 0 Å². The minimum absolute atomic E-state index is 0.143. The van der Waals surface area contributed by atoms with E-state index in [0.29, 0.717) is 22.7 Å². The van der Waals surface area contributed by atoms with Crippen molar-refractivity contribution in [1.29, 1.82) is 0 Å². The fourth-order valence-corrected chi connectivity index (χ4v) is 1.89. The SMILES string of the molecule is CC(C)CN(c1ncnc(Cl)c1CO)C(C)C. The van der Waals surface area contributed by atoms with Gasteiger partial charge in [0, 0.05) is 12.6 Å². The minimum atomic E-state index is -0.143. The summed E-state index contributed by atoms with van der Waals surface area (Å²) in [7, 11) is 0. The highest BCUT2D eigenvalue weighted by Crippen LogP contribution is 2.25. The first-order valence-corrected chi connectivity index (χ1v) is 6.22. The van der Waals surface area contributed by atoms with Crippen LogP contribution in [0.25, 0.3) is 0 Å². The summed E-state index contributed by atoms with van der Waals surface area (Å²) in [6.45, 7) is 9.22. The number of halogens is 1. The molecule has 1 heterocycles. The molecule has 96 valence electrons. The maximum absolute atomic E-state index is 9.37. The van der Waals surface area contributed by atoms with E-state index in [1.165, 1.54) is 6.33 Å². The fraction of sp³-hybridized carbons (Fsp3) is 0.667. The molecule has 5 heteroatoms. The van der Waals surface area contributed by atoms with E-state index in [1.54, 1.807) is 0 Å². The summed E-state index contributed by atoms with van der Waals surface area (Å²) in [5.41, 5.74) is 0.600. The van der Waals surface area contributed by atoms with Gasteiger partial charge in [0.05, 0.1) is 12.2 Å². The van der Waals surface area contributed by atoms with Crippen molar-refractivity contribution in [2.75, 3.05) is 11.4 Å². The first kappa shape index (κ1) is 14.2. The second kappa shape index (κ2) is 6.17. The zero-order chi connectivity index (χ0) is 13.0. The average molecular weight is 258 g/mol. The number of anilines is 1. The third-order valence-corrected chi connectivity index (χ3v) is 2.81. The van der Waals surface area contributed by atoms with Crippen molar-refractivity contribution < 1.29 is 5.11 Å². The summed E-state index contributed by atoms with van der Waals surface area (Å²) in [6.07, 6.45) is 1.44. The van der Waals surface area contributed by atoms with Crippen LogP contribution in [0.4, 0.5) is 5.82 Å². The van der Waals surface area contributed by atoms with Gasteiger partial charge in [0.25, 0.3) is 0 Å². The Morgan fingerprint density at radius 2 is 1.94 bits per heavy atom. The van der Waals surface area contributed by atoms with E-state index in [4.69, 9.17) is 11.6 Å². The third kappa shape index (κ3) is 3.54. The summed E-state index contributed by atoms with van der Waals surface area (Å²) >= 11 is 5.98. The van der Waals surface area contributed by atoms with E-state index < -0.39 is 0 Å². The second-order valence-electron chi connectivity index (χ2n) is 4.76. The number of nitrogens with zero attached hydrogens (tertiary/aromatic N) is 3.